The molecule has 1 fully saturated rings. The van der Waals surface area contributed by atoms with Crippen LogP contribution in [0.2, 0.25) is 0 Å². The summed E-state index contributed by atoms with van der Waals surface area (Å²) in [6, 6.07) is 6.77. The zero-order valence-corrected chi connectivity index (χ0v) is 11.0. The average Bonchev–Trinajstić information content (AvgIpc) is 2.73. The van der Waals surface area contributed by atoms with Gasteiger partial charge in [-0.05, 0) is 31.2 Å². The second kappa shape index (κ2) is 5.06. The van der Waals surface area contributed by atoms with E-state index in [0.717, 1.165) is 11.3 Å². The number of hydrogen-bond acceptors (Lipinski definition) is 3. The lowest BCUT2D eigenvalue weighted by Crippen LogP contribution is -2.21. The predicted octanol–water partition coefficient (Wildman–Crippen LogP) is 2.55. The first kappa shape index (κ1) is 11.7. The van der Waals surface area contributed by atoms with Crippen LogP contribution in [0.4, 0.5) is 5.69 Å². The number of nitrogens with two attached hydrogens (primary N) is 1. The Morgan fingerprint density at radius 1 is 1.56 bits per heavy atom. The molecule has 1 saturated heterocycles. The summed E-state index contributed by atoms with van der Waals surface area (Å²) in [6.07, 6.45) is 1.22. The summed E-state index contributed by atoms with van der Waals surface area (Å²) < 4.78 is 0. The molecule has 0 bridgehead atoms. The van der Waals surface area contributed by atoms with Gasteiger partial charge in [-0.25, -0.2) is 0 Å². The fraction of sp³-hybridized carbons (Fsp3) is 0.417. The minimum atomic E-state index is 0.469. The number of rotatable bonds is 3. The van der Waals surface area contributed by atoms with Gasteiger partial charge < -0.3 is 11.1 Å². The largest absolute Gasteiger partial charge is 0.389 e. The Morgan fingerprint density at radius 3 is 3.00 bits per heavy atom. The third-order valence-electron chi connectivity index (χ3n) is 2.73. The monoisotopic (exact) mass is 252 g/mol. The number of anilines is 1. The number of benzene rings is 1. The van der Waals surface area contributed by atoms with Crippen LogP contribution < -0.4 is 11.1 Å². The predicted molar refractivity (Wildman–Crippen MR) is 76.4 cm³/mol. The maximum atomic E-state index is 5.74. The molecule has 1 heterocycles. The molecule has 0 saturated carbocycles. The van der Waals surface area contributed by atoms with E-state index in [1.807, 2.05) is 17.8 Å². The van der Waals surface area contributed by atoms with Crippen molar-refractivity contribution < 1.29 is 0 Å². The molecule has 16 heavy (non-hydrogen) atoms. The number of hydrogen-bond donors (Lipinski definition) is 2. The van der Waals surface area contributed by atoms with E-state index in [2.05, 4.69) is 24.4 Å². The maximum absolute atomic E-state index is 5.74. The summed E-state index contributed by atoms with van der Waals surface area (Å²) >= 11 is 7.07. The first-order valence-corrected chi connectivity index (χ1v) is 6.98. The van der Waals surface area contributed by atoms with Crippen molar-refractivity contribution in [1.29, 1.82) is 0 Å². The van der Waals surface area contributed by atoms with Crippen LogP contribution in [0.5, 0.6) is 0 Å². The summed E-state index contributed by atoms with van der Waals surface area (Å²) in [4.78, 5) is 0.469. The van der Waals surface area contributed by atoms with E-state index >= 15 is 0 Å². The zero-order valence-electron chi connectivity index (χ0n) is 9.32. The molecular formula is C12H16N2S2. The average molecular weight is 252 g/mol. The van der Waals surface area contributed by atoms with E-state index in [1.54, 1.807) is 0 Å². The first-order valence-electron chi connectivity index (χ1n) is 5.41. The third-order valence-corrected chi connectivity index (χ3v) is 4.11. The van der Waals surface area contributed by atoms with Crippen LogP contribution in [0.3, 0.4) is 0 Å². The topological polar surface area (TPSA) is 38.0 Å². The molecule has 2 rings (SSSR count). The molecular weight excluding hydrogens is 236 g/mol. The highest BCUT2D eigenvalue weighted by atomic mass is 32.2. The van der Waals surface area contributed by atoms with Gasteiger partial charge in [-0.2, -0.15) is 11.8 Å². The normalized spacial score (nSPS) is 19.7. The van der Waals surface area contributed by atoms with Crippen molar-refractivity contribution in [1.82, 2.24) is 0 Å². The SMILES string of the molecule is Cc1ccc(NC2CCSC2)c(C(N)=S)c1. The van der Waals surface area contributed by atoms with Crippen LogP contribution in [-0.2, 0) is 0 Å². The minimum Gasteiger partial charge on any atom is -0.389 e. The second-order valence-corrected chi connectivity index (χ2v) is 5.71. The molecule has 1 aromatic rings. The Kier molecular flexibility index (Phi) is 3.71. The van der Waals surface area contributed by atoms with Crippen molar-refractivity contribution in [2.24, 2.45) is 5.73 Å². The van der Waals surface area contributed by atoms with Crippen molar-refractivity contribution >= 4 is 34.7 Å². The smallest absolute Gasteiger partial charge is 0.106 e. The second-order valence-electron chi connectivity index (χ2n) is 4.12. The summed E-state index contributed by atoms with van der Waals surface area (Å²) in [5.74, 6) is 2.41. The first-order chi connectivity index (χ1) is 7.66. The minimum absolute atomic E-state index is 0.469. The van der Waals surface area contributed by atoms with E-state index < -0.39 is 0 Å². The molecule has 0 radical (unpaired) electrons. The quantitative estimate of drug-likeness (QED) is 0.811. The molecule has 3 N–H and O–H groups in total. The highest BCUT2D eigenvalue weighted by Crippen LogP contribution is 2.24. The van der Waals surface area contributed by atoms with Crippen LogP contribution in [0.1, 0.15) is 17.5 Å². The summed E-state index contributed by atoms with van der Waals surface area (Å²) in [5.41, 5.74) is 8.97. The molecule has 1 unspecified atom stereocenters. The van der Waals surface area contributed by atoms with Crippen molar-refractivity contribution in [2.75, 3.05) is 16.8 Å². The lowest BCUT2D eigenvalue weighted by molar-refractivity contribution is 0.813. The lowest BCUT2D eigenvalue weighted by atomic mass is 10.1. The van der Waals surface area contributed by atoms with Gasteiger partial charge in [0.05, 0.1) is 0 Å². The molecule has 86 valence electrons. The molecule has 1 aliphatic heterocycles. The van der Waals surface area contributed by atoms with Gasteiger partial charge in [0.1, 0.15) is 4.99 Å². The molecule has 2 nitrogen and oxygen atoms in total. The van der Waals surface area contributed by atoms with Crippen molar-refractivity contribution in [3.8, 4) is 0 Å². The van der Waals surface area contributed by atoms with Crippen LogP contribution in [-0.4, -0.2) is 22.5 Å². The van der Waals surface area contributed by atoms with E-state index in [0.29, 0.717) is 11.0 Å². The van der Waals surface area contributed by atoms with E-state index in [9.17, 15) is 0 Å². The Labute approximate surface area is 106 Å². The number of thiocarbonyl (C=S) groups is 1. The maximum Gasteiger partial charge on any atom is 0.106 e. The van der Waals surface area contributed by atoms with Crippen LogP contribution >= 0.6 is 24.0 Å². The number of aryl methyl sites for hydroxylation is 1. The molecule has 4 heteroatoms. The Morgan fingerprint density at radius 2 is 2.38 bits per heavy atom. The van der Waals surface area contributed by atoms with Crippen LogP contribution in [0.15, 0.2) is 18.2 Å². The van der Waals surface area contributed by atoms with Gasteiger partial charge >= 0.3 is 0 Å². The van der Waals surface area contributed by atoms with Gasteiger partial charge in [-0.1, -0.05) is 23.8 Å². The van der Waals surface area contributed by atoms with Crippen molar-refractivity contribution in [2.45, 2.75) is 19.4 Å². The Bertz CT molecular complexity index is 398. The van der Waals surface area contributed by atoms with E-state index in [-0.39, 0.29) is 0 Å². The van der Waals surface area contributed by atoms with Gasteiger partial charge in [0.15, 0.2) is 0 Å². The fourth-order valence-corrected chi connectivity index (χ4v) is 3.18. The van der Waals surface area contributed by atoms with Gasteiger partial charge in [-0.15, -0.1) is 0 Å². The molecule has 1 aromatic carbocycles. The van der Waals surface area contributed by atoms with Crippen molar-refractivity contribution in [3.05, 3.63) is 29.3 Å². The zero-order chi connectivity index (χ0) is 11.5. The van der Waals surface area contributed by atoms with Gasteiger partial charge in [0, 0.05) is 23.0 Å². The van der Waals surface area contributed by atoms with Gasteiger partial charge in [0.25, 0.3) is 0 Å². The highest BCUT2D eigenvalue weighted by Gasteiger charge is 2.16. The van der Waals surface area contributed by atoms with Gasteiger partial charge in [-0.3, -0.25) is 0 Å². The number of nitrogens with one attached hydrogen (secondary N) is 1. The van der Waals surface area contributed by atoms with Gasteiger partial charge in [0.2, 0.25) is 0 Å². The Hall–Kier alpha value is -0.740. The molecule has 0 aliphatic carbocycles. The Balaban J connectivity index is 2.21. The van der Waals surface area contributed by atoms with E-state index in [4.69, 9.17) is 18.0 Å². The molecule has 1 atom stereocenters. The lowest BCUT2D eigenvalue weighted by Gasteiger charge is -2.16. The van der Waals surface area contributed by atoms with Crippen LogP contribution in [0.25, 0.3) is 0 Å². The summed E-state index contributed by atoms with van der Waals surface area (Å²) in [7, 11) is 0. The molecule has 1 aliphatic rings. The third kappa shape index (κ3) is 2.68. The van der Waals surface area contributed by atoms with Crippen molar-refractivity contribution in [3.63, 3.8) is 0 Å². The number of thioether (sulfide) groups is 1. The standard InChI is InChI=1S/C12H16N2S2/c1-8-2-3-11(10(6-8)12(13)15)14-9-4-5-16-7-9/h2-3,6,9,14H,4-5,7H2,1H3,(H2,13,15). The van der Waals surface area contributed by atoms with E-state index in [1.165, 1.54) is 23.5 Å². The molecule has 0 aromatic heterocycles. The fourth-order valence-electron chi connectivity index (χ4n) is 1.86. The molecule has 0 amide bonds. The molecule has 0 spiro atoms. The summed E-state index contributed by atoms with van der Waals surface area (Å²) in [6.45, 7) is 2.05. The highest BCUT2D eigenvalue weighted by molar-refractivity contribution is 7.99. The van der Waals surface area contributed by atoms with Crippen LogP contribution in [0, 0.1) is 6.92 Å². The summed E-state index contributed by atoms with van der Waals surface area (Å²) in [5, 5.41) is 3.53.